The summed E-state index contributed by atoms with van der Waals surface area (Å²) < 4.78 is 35.3. The van der Waals surface area contributed by atoms with E-state index in [-0.39, 0.29) is 12.3 Å². The highest BCUT2D eigenvalue weighted by molar-refractivity contribution is 7.86. The molecule has 0 saturated carbocycles. The third kappa shape index (κ3) is 3.24. The summed E-state index contributed by atoms with van der Waals surface area (Å²) in [5.41, 5.74) is 1.05. The van der Waals surface area contributed by atoms with Crippen LogP contribution in [0.2, 0.25) is 0 Å². The largest absolute Gasteiger partial charge is 0.338 e. The molecule has 2 heterocycles. The Labute approximate surface area is 126 Å². The third-order valence-corrected chi connectivity index (χ3v) is 5.53. The second kappa shape index (κ2) is 5.38. The molecule has 1 saturated heterocycles. The normalized spacial score (nSPS) is 19.6. The van der Waals surface area contributed by atoms with Gasteiger partial charge in [0.15, 0.2) is 0 Å². The molecule has 1 atom stereocenters. The molecular formula is C14H14FNO3S2. The maximum absolute atomic E-state index is 12.7. The first-order valence-electron chi connectivity index (χ1n) is 6.57. The lowest BCUT2D eigenvalue weighted by atomic mass is 10.1. The van der Waals surface area contributed by atoms with Gasteiger partial charge in [-0.3, -0.25) is 4.79 Å². The summed E-state index contributed by atoms with van der Waals surface area (Å²) in [5, 5.41) is 3.12. The molecule has 1 aliphatic heterocycles. The van der Waals surface area contributed by atoms with Crippen molar-refractivity contribution >= 4 is 37.6 Å². The zero-order chi connectivity index (χ0) is 15.0. The molecule has 0 aliphatic carbocycles. The van der Waals surface area contributed by atoms with Crippen LogP contribution in [0.5, 0.6) is 0 Å². The predicted octanol–water partition coefficient (Wildman–Crippen LogP) is 2.55. The Bertz CT molecular complexity index is 784. The van der Waals surface area contributed by atoms with Crippen molar-refractivity contribution in [2.45, 2.75) is 13.0 Å². The fourth-order valence-corrected chi connectivity index (χ4v) is 4.50. The summed E-state index contributed by atoms with van der Waals surface area (Å²) in [5.74, 6) is -1.13. The number of carbonyl (C=O) groups is 1. The van der Waals surface area contributed by atoms with Gasteiger partial charge in [-0.15, -0.1) is 15.2 Å². The van der Waals surface area contributed by atoms with Gasteiger partial charge in [0.25, 0.3) is 0 Å². The first-order valence-corrected chi connectivity index (χ1v) is 9.01. The molecule has 0 spiro atoms. The van der Waals surface area contributed by atoms with Crippen molar-refractivity contribution in [3.8, 4) is 0 Å². The van der Waals surface area contributed by atoms with E-state index in [1.54, 1.807) is 16.2 Å². The highest BCUT2D eigenvalue weighted by atomic mass is 32.3. The highest BCUT2D eigenvalue weighted by Crippen LogP contribution is 2.29. The van der Waals surface area contributed by atoms with Crippen molar-refractivity contribution in [3.63, 3.8) is 0 Å². The van der Waals surface area contributed by atoms with Crippen molar-refractivity contribution in [2.75, 3.05) is 12.3 Å². The molecule has 0 N–H and O–H groups in total. The van der Waals surface area contributed by atoms with E-state index in [0.29, 0.717) is 13.1 Å². The Hall–Kier alpha value is -1.47. The monoisotopic (exact) mass is 327 g/mol. The molecule has 7 heteroatoms. The van der Waals surface area contributed by atoms with Gasteiger partial charge in [-0.1, -0.05) is 18.2 Å². The lowest BCUT2D eigenvalue weighted by Gasteiger charge is -2.15. The van der Waals surface area contributed by atoms with Crippen molar-refractivity contribution < 1.29 is 17.1 Å². The van der Waals surface area contributed by atoms with Gasteiger partial charge in [0, 0.05) is 30.1 Å². The van der Waals surface area contributed by atoms with Crippen LogP contribution in [-0.4, -0.2) is 31.5 Å². The fourth-order valence-electron chi connectivity index (χ4n) is 2.76. The SMILES string of the molecule is O=C1CC(CS(=O)(=O)F)CN1Cc1csc2ccccc12. The summed E-state index contributed by atoms with van der Waals surface area (Å²) in [6.07, 6.45) is 0.102. The van der Waals surface area contributed by atoms with E-state index in [1.807, 2.05) is 29.6 Å². The molecule has 0 radical (unpaired) electrons. The summed E-state index contributed by atoms with van der Waals surface area (Å²) in [6, 6.07) is 7.94. The van der Waals surface area contributed by atoms with Crippen LogP contribution in [0.25, 0.3) is 10.1 Å². The lowest BCUT2D eigenvalue weighted by molar-refractivity contribution is -0.128. The number of hydrogen-bond acceptors (Lipinski definition) is 4. The maximum atomic E-state index is 12.7. The summed E-state index contributed by atoms with van der Waals surface area (Å²) in [7, 11) is -4.53. The number of thiophene rings is 1. The van der Waals surface area contributed by atoms with E-state index in [4.69, 9.17) is 0 Å². The van der Waals surface area contributed by atoms with E-state index in [9.17, 15) is 17.1 Å². The van der Waals surface area contributed by atoms with Crippen LogP contribution in [0, 0.1) is 5.92 Å². The van der Waals surface area contributed by atoms with Crippen LogP contribution in [-0.2, 0) is 21.6 Å². The average Bonchev–Trinajstić information content (AvgIpc) is 2.93. The molecule has 1 aromatic carbocycles. The molecule has 1 unspecified atom stereocenters. The quantitative estimate of drug-likeness (QED) is 0.811. The second-order valence-electron chi connectivity index (χ2n) is 5.31. The van der Waals surface area contributed by atoms with Gasteiger partial charge >= 0.3 is 10.2 Å². The summed E-state index contributed by atoms with van der Waals surface area (Å²) in [6.45, 7) is 0.748. The van der Waals surface area contributed by atoms with Gasteiger partial charge < -0.3 is 4.90 Å². The van der Waals surface area contributed by atoms with E-state index in [2.05, 4.69) is 0 Å². The van der Waals surface area contributed by atoms with E-state index in [1.165, 1.54) is 0 Å². The van der Waals surface area contributed by atoms with Crippen LogP contribution in [0.3, 0.4) is 0 Å². The summed E-state index contributed by atoms with van der Waals surface area (Å²) >= 11 is 1.62. The average molecular weight is 327 g/mol. The predicted molar refractivity (Wildman–Crippen MR) is 80.2 cm³/mol. The minimum atomic E-state index is -4.53. The molecule has 1 fully saturated rings. The number of benzene rings is 1. The van der Waals surface area contributed by atoms with E-state index in [0.717, 1.165) is 15.6 Å². The number of amides is 1. The molecular weight excluding hydrogens is 313 g/mol. The summed E-state index contributed by atoms with van der Waals surface area (Å²) in [4.78, 5) is 13.6. The van der Waals surface area contributed by atoms with Crippen LogP contribution in [0.15, 0.2) is 29.6 Å². The van der Waals surface area contributed by atoms with Gasteiger partial charge in [-0.05, 0) is 22.4 Å². The Kier molecular flexibility index (Phi) is 3.71. The van der Waals surface area contributed by atoms with Crippen LogP contribution in [0.1, 0.15) is 12.0 Å². The number of carbonyl (C=O) groups excluding carboxylic acids is 1. The van der Waals surface area contributed by atoms with Crippen LogP contribution >= 0.6 is 11.3 Å². The smallest absolute Gasteiger partial charge is 0.302 e. The zero-order valence-corrected chi connectivity index (χ0v) is 12.8. The van der Waals surface area contributed by atoms with Gasteiger partial charge in [0.2, 0.25) is 5.91 Å². The molecule has 3 rings (SSSR count). The Morgan fingerprint density at radius 1 is 1.33 bits per heavy atom. The second-order valence-corrected chi connectivity index (χ2v) is 7.63. The lowest BCUT2D eigenvalue weighted by Crippen LogP contribution is -2.25. The van der Waals surface area contributed by atoms with E-state index >= 15 is 0 Å². The number of rotatable bonds is 4. The Morgan fingerprint density at radius 2 is 2.10 bits per heavy atom. The fraction of sp³-hybridized carbons (Fsp3) is 0.357. The van der Waals surface area contributed by atoms with Gasteiger partial charge in [0.05, 0.1) is 5.75 Å². The first-order chi connectivity index (χ1) is 9.92. The standard InChI is InChI=1S/C14H14FNO3S2/c15-21(18,19)9-10-5-14(17)16(6-10)7-11-8-20-13-4-2-1-3-12(11)13/h1-4,8,10H,5-7,9H2. The maximum Gasteiger partial charge on any atom is 0.302 e. The number of likely N-dealkylation sites (tertiary alicyclic amines) is 1. The Morgan fingerprint density at radius 3 is 2.86 bits per heavy atom. The topological polar surface area (TPSA) is 54.5 Å². The minimum Gasteiger partial charge on any atom is -0.338 e. The Balaban J connectivity index is 1.75. The molecule has 1 aliphatic rings. The first kappa shape index (κ1) is 14.5. The van der Waals surface area contributed by atoms with Crippen molar-refractivity contribution in [3.05, 3.63) is 35.2 Å². The van der Waals surface area contributed by atoms with Gasteiger partial charge in [-0.2, -0.15) is 8.42 Å². The molecule has 112 valence electrons. The molecule has 0 bridgehead atoms. The number of hydrogen-bond donors (Lipinski definition) is 0. The van der Waals surface area contributed by atoms with Gasteiger partial charge in [-0.25, -0.2) is 0 Å². The number of halogens is 1. The highest BCUT2D eigenvalue weighted by Gasteiger charge is 2.33. The molecule has 21 heavy (non-hydrogen) atoms. The number of nitrogens with zero attached hydrogens (tertiary/aromatic N) is 1. The van der Waals surface area contributed by atoms with Gasteiger partial charge in [0.1, 0.15) is 0 Å². The van der Waals surface area contributed by atoms with Crippen molar-refractivity contribution in [2.24, 2.45) is 5.92 Å². The molecule has 1 aromatic heterocycles. The van der Waals surface area contributed by atoms with Crippen LogP contribution < -0.4 is 0 Å². The molecule has 1 amide bonds. The van der Waals surface area contributed by atoms with Crippen LogP contribution in [0.4, 0.5) is 3.89 Å². The van der Waals surface area contributed by atoms with E-state index < -0.39 is 21.9 Å². The van der Waals surface area contributed by atoms with Crippen molar-refractivity contribution in [1.82, 2.24) is 4.90 Å². The van der Waals surface area contributed by atoms with Crippen molar-refractivity contribution in [1.29, 1.82) is 0 Å². The molecule has 4 nitrogen and oxygen atoms in total. The minimum absolute atomic E-state index is 0.102. The zero-order valence-electron chi connectivity index (χ0n) is 11.2. The number of fused-ring (bicyclic) bond motifs is 1. The molecule has 2 aromatic rings. The third-order valence-electron chi connectivity index (χ3n) is 3.65.